The highest BCUT2D eigenvalue weighted by Crippen LogP contribution is 2.30. The molecule has 9 nitrogen and oxygen atoms in total. The molecule has 0 aliphatic rings. The van der Waals surface area contributed by atoms with E-state index in [2.05, 4.69) is 10.6 Å². The van der Waals surface area contributed by atoms with Crippen molar-refractivity contribution in [1.82, 2.24) is 0 Å². The molecule has 3 rings (SSSR count). The van der Waals surface area contributed by atoms with E-state index in [9.17, 15) is 14.4 Å². The first-order chi connectivity index (χ1) is 17.6. The van der Waals surface area contributed by atoms with Gasteiger partial charge in [0.15, 0.2) is 0 Å². The van der Waals surface area contributed by atoms with Crippen LogP contribution in [0.1, 0.15) is 47.1 Å². The van der Waals surface area contributed by atoms with Gasteiger partial charge in [0.2, 0.25) is 0 Å². The Morgan fingerprint density at radius 3 is 2.03 bits per heavy atom. The molecule has 194 valence electrons. The van der Waals surface area contributed by atoms with Crippen LogP contribution in [0.4, 0.5) is 16.2 Å². The quantitative estimate of drug-likeness (QED) is 0.379. The molecule has 0 atom stereocenters. The van der Waals surface area contributed by atoms with E-state index >= 15 is 0 Å². The molecule has 2 N–H and O–H groups in total. The average Bonchev–Trinajstić information content (AvgIpc) is 2.87. The molecular formula is C28H30N2O7. The van der Waals surface area contributed by atoms with Crippen molar-refractivity contribution in [3.63, 3.8) is 0 Å². The zero-order valence-electron chi connectivity index (χ0n) is 21.4. The molecule has 0 saturated carbocycles. The Morgan fingerprint density at radius 1 is 0.784 bits per heavy atom. The Labute approximate surface area is 215 Å². The second-order valence-electron chi connectivity index (χ2n) is 8.97. The van der Waals surface area contributed by atoms with Crippen LogP contribution in [0.5, 0.6) is 11.5 Å². The van der Waals surface area contributed by atoms with Gasteiger partial charge in [0.1, 0.15) is 23.7 Å². The summed E-state index contributed by atoms with van der Waals surface area (Å²) in [5, 5.41) is 5.42. The van der Waals surface area contributed by atoms with E-state index in [1.807, 2.05) is 30.3 Å². The number of methoxy groups -OCH3 is 2. The second kappa shape index (κ2) is 11.9. The van der Waals surface area contributed by atoms with Crippen LogP contribution >= 0.6 is 0 Å². The summed E-state index contributed by atoms with van der Waals surface area (Å²) in [6, 6.07) is 18.7. The number of hydrogen-bond donors (Lipinski definition) is 2. The smallest absolute Gasteiger partial charge is 0.412 e. The molecule has 0 heterocycles. The molecule has 0 fully saturated rings. The first kappa shape index (κ1) is 27.1. The van der Waals surface area contributed by atoms with E-state index in [1.165, 1.54) is 38.5 Å². The fourth-order valence-electron chi connectivity index (χ4n) is 3.27. The Balaban J connectivity index is 1.81. The van der Waals surface area contributed by atoms with Gasteiger partial charge in [-0.25, -0.2) is 9.59 Å². The minimum Gasteiger partial charge on any atom is -0.495 e. The van der Waals surface area contributed by atoms with Gasteiger partial charge >= 0.3 is 12.1 Å². The summed E-state index contributed by atoms with van der Waals surface area (Å²) < 4.78 is 21.4. The predicted octanol–water partition coefficient (Wildman–Crippen LogP) is 5.66. The lowest BCUT2D eigenvalue weighted by atomic mass is 10.1. The molecule has 0 spiro atoms. The number of hydrogen-bond acceptors (Lipinski definition) is 7. The van der Waals surface area contributed by atoms with Gasteiger partial charge in [-0.2, -0.15) is 0 Å². The molecule has 0 bridgehead atoms. The van der Waals surface area contributed by atoms with E-state index < -0.39 is 23.6 Å². The largest absolute Gasteiger partial charge is 0.495 e. The van der Waals surface area contributed by atoms with Gasteiger partial charge in [0.05, 0.1) is 31.2 Å². The number of esters is 1. The van der Waals surface area contributed by atoms with Crippen LogP contribution in [0.15, 0.2) is 66.7 Å². The fourth-order valence-corrected chi connectivity index (χ4v) is 3.27. The number of ether oxygens (including phenoxy) is 4. The van der Waals surface area contributed by atoms with Crippen molar-refractivity contribution in [3.05, 3.63) is 83.4 Å². The fraction of sp³-hybridized carbons (Fsp3) is 0.250. The lowest BCUT2D eigenvalue weighted by molar-refractivity contribution is 0.0597. The van der Waals surface area contributed by atoms with Gasteiger partial charge in [-0.05, 0) is 62.7 Å². The Morgan fingerprint density at radius 2 is 1.41 bits per heavy atom. The summed E-state index contributed by atoms with van der Waals surface area (Å²) in [5.74, 6) is -0.395. The van der Waals surface area contributed by atoms with Gasteiger partial charge in [-0.15, -0.1) is 0 Å². The van der Waals surface area contributed by atoms with E-state index in [0.717, 1.165) is 5.56 Å². The number of amides is 2. The van der Waals surface area contributed by atoms with Gasteiger partial charge in [0.25, 0.3) is 5.91 Å². The number of carbonyl (C=O) groups is 3. The molecule has 9 heteroatoms. The van der Waals surface area contributed by atoms with Gasteiger partial charge in [-0.1, -0.05) is 30.3 Å². The minimum atomic E-state index is -0.666. The molecule has 0 aromatic heterocycles. The number of benzene rings is 3. The van der Waals surface area contributed by atoms with Crippen molar-refractivity contribution >= 4 is 29.3 Å². The first-order valence-electron chi connectivity index (χ1n) is 11.5. The Hall–Kier alpha value is -4.53. The van der Waals surface area contributed by atoms with E-state index in [4.69, 9.17) is 18.9 Å². The molecule has 0 aliphatic heterocycles. The SMILES string of the molecule is COC(=O)c1ccc(NC(=O)c2ccc(NC(=O)OC(C)(C)C)c(OC)c2)c(OCc2ccccc2)c1. The van der Waals surface area contributed by atoms with Crippen molar-refractivity contribution in [2.24, 2.45) is 0 Å². The Bertz CT molecular complexity index is 1270. The van der Waals surface area contributed by atoms with E-state index in [0.29, 0.717) is 17.1 Å². The summed E-state index contributed by atoms with van der Waals surface area (Å²) in [5.41, 5.74) is 1.52. The summed E-state index contributed by atoms with van der Waals surface area (Å²) in [4.78, 5) is 37.3. The maximum Gasteiger partial charge on any atom is 0.412 e. The molecular weight excluding hydrogens is 476 g/mol. The number of carbonyl (C=O) groups excluding carboxylic acids is 3. The van der Waals surface area contributed by atoms with Crippen LogP contribution in [0, 0.1) is 0 Å². The molecule has 0 radical (unpaired) electrons. The summed E-state index contributed by atoms with van der Waals surface area (Å²) in [6.07, 6.45) is -0.645. The first-order valence-corrected chi connectivity index (χ1v) is 11.5. The van der Waals surface area contributed by atoms with Crippen LogP contribution in [-0.4, -0.2) is 37.8 Å². The highest BCUT2D eigenvalue weighted by molar-refractivity contribution is 6.06. The maximum atomic E-state index is 13.1. The molecule has 3 aromatic carbocycles. The van der Waals surface area contributed by atoms with Crippen LogP contribution in [-0.2, 0) is 16.1 Å². The van der Waals surface area contributed by atoms with Crippen molar-refractivity contribution < 1.29 is 33.3 Å². The number of nitrogens with one attached hydrogen (secondary N) is 2. The van der Waals surface area contributed by atoms with Crippen molar-refractivity contribution in [1.29, 1.82) is 0 Å². The summed E-state index contributed by atoms with van der Waals surface area (Å²) in [6.45, 7) is 5.50. The molecule has 0 aliphatic carbocycles. The van der Waals surface area contributed by atoms with Crippen LogP contribution in [0.3, 0.4) is 0 Å². The third-order valence-electron chi connectivity index (χ3n) is 4.99. The minimum absolute atomic E-state index is 0.229. The molecule has 3 aromatic rings. The van der Waals surface area contributed by atoms with Crippen molar-refractivity contribution in [3.8, 4) is 11.5 Å². The number of anilines is 2. The van der Waals surface area contributed by atoms with Crippen molar-refractivity contribution in [2.75, 3.05) is 24.9 Å². The van der Waals surface area contributed by atoms with Gasteiger partial charge in [0, 0.05) is 5.56 Å². The molecule has 37 heavy (non-hydrogen) atoms. The summed E-state index contributed by atoms with van der Waals surface area (Å²) in [7, 11) is 2.72. The van der Waals surface area contributed by atoms with Crippen molar-refractivity contribution in [2.45, 2.75) is 33.0 Å². The summed E-state index contributed by atoms with van der Waals surface area (Å²) >= 11 is 0. The normalized spacial score (nSPS) is 10.7. The molecule has 0 saturated heterocycles. The zero-order valence-corrected chi connectivity index (χ0v) is 21.4. The monoisotopic (exact) mass is 506 g/mol. The average molecular weight is 507 g/mol. The lowest BCUT2D eigenvalue weighted by Crippen LogP contribution is -2.27. The van der Waals surface area contributed by atoms with Crippen LogP contribution < -0.4 is 20.1 Å². The third-order valence-corrected chi connectivity index (χ3v) is 4.99. The second-order valence-corrected chi connectivity index (χ2v) is 8.97. The van der Waals surface area contributed by atoms with E-state index in [1.54, 1.807) is 32.9 Å². The lowest BCUT2D eigenvalue weighted by Gasteiger charge is -2.20. The van der Waals surface area contributed by atoms with Crippen LogP contribution in [0.25, 0.3) is 0 Å². The number of rotatable bonds is 8. The van der Waals surface area contributed by atoms with Gasteiger partial charge in [-0.3, -0.25) is 10.1 Å². The third kappa shape index (κ3) is 7.73. The molecule has 0 unspecified atom stereocenters. The highest BCUT2D eigenvalue weighted by atomic mass is 16.6. The van der Waals surface area contributed by atoms with Crippen LogP contribution in [0.2, 0.25) is 0 Å². The zero-order chi connectivity index (χ0) is 27.0. The standard InChI is InChI=1S/C28H30N2O7/c1-28(2,3)37-27(33)30-21-13-11-19(15-23(21)34-4)25(31)29-22-14-12-20(26(32)35-5)16-24(22)36-17-18-9-7-6-8-10-18/h6-16H,17H2,1-5H3,(H,29,31)(H,30,33). The Kier molecular flexibility index (Phi) is 8.73. The van der Waals surface area contributed by atoms with E-state index in [-0.39, 0.29) is 23.5 Å². The van der Waals surface area contributed by atoms with Gasteiger partial charge < -0.3 is 24.3 Å². The predicted molar refractivity (Wildman–Crippen MR) is 139 cm³/mol. The molecule has 2 amide bonds. The topological polar surface area (TPSA) is 112 Å². The highest BCUT2D eigenvalue weighted by Gasteiger charge is 2.19. The maximum absolute atomic E-state index is 13.1.